The second-order valence-corrected chi connectivity index (χ2v) is 2.11. The van der Waals surface area contributed by atoms with Gasteiger partial charge in [0.25, 0.3) is 0 Å². The summed E-state index contributed by atoms with van der Waals surface area (Å²) >= 11 is 0. The molecule has 0 radical (unpaired) electrons. The summed E-state index contributed by atoms with van der Waals surface area (Å²) < 4.78 is 0. The van der Waals surface area contributed by atoms with Crippen molar-refractivity contribution in [1.29, 1.82) is 0 Å². The molecular formula is C13H26. The van der Waals surface area contributed by atoms with Crippen molar-refractivity contribution in [2.24, 2.45) is 0 Å². The van der Waals surface area contributed by atoms with E-state index in [0.717, 1.165) is 0 Å². The lowest BCUT2D eigenvalue weighted by atomic mass is 10.1. The molecule has 0 heteroatoms. The molecule has 0 saturated heterocycles. The van der Waals surface area contributed by atoms with Gasteiger partial charge in [0, 0.05) is 0 Å². The number of hydrogen-bond acceptors (Lipinski definition) is 0. The van der Waals surface area contributed by atoms with E-state index in [2.05, 4.69) is 38.3 Å². The van der Waals surface area contributed by atoms with Gasteiger partial charge in [-0.25, -0.2) is 0 Å². The van der Waals surface area contributed by atoms with Gasteiger partial charge >= 0.3 is 0 Å². The average molecular weight is 182 g/mol. The molecule has 0 unspecified atom stereocenters. The van der Waals surface area contributed by atoms with Crippen molar-refractivity contribution in [2.45, 2.75) is 47.5 Å². The quantitative estimate of drug-likeness (QED) is 0.493. The minimum Gasteiger partial charge on any atom is -0.106 e. The van der Waals surface area contributed by atoms with Crippen LogP contribution in [0.15, 0.2) is 37.0 Å². The zero-order valence-electron chi connectivity index (χ0n) is 8.77. The van der Waals surface area contributed by atoms with Crippen LogP contribution < -0.4 is 0 Å². The molecule has 0 saturated carbocycles. The number of rotatable bonds is 1. The van der Waals surface area contributed by atoms with Crippen LogP contribution in [0.3, 0.4) is 0 Å². The molecule has 1 rings (SSSR count). The molecule has 0 aromatic rings. The summed E-state index contributed by atoms with van der Waals surface area (Å²) in [5.41, 5.74) is 1.50. The van der Waals surface area contributed by atoms with Gasteiger partial charge in [-0.2, -0.15) is 0 Å². The van der Waals surface area contributed by atoms with Crippen molar-refractivity contribution in [3.05, 3.63) is 37.0 Å². The highest BCUT2D eigenvalue weighted by molar-refractivity contribution is 5.21. The first-order valence-corrected chi connectivity index (χ1v) is 4.79. The fraction of sp³-hybridized carbons (Fsp3) is 0.538. The van der Waals surface area contributed by atoms with Gasteiger partial charge < -0.3 is 0 Å². The van der Waals surface area contributed by atoms with E-state index >= 15 is 0 Å². The van der Waals surface area contributed by atoms with Crippen LogP contribution in [0.5, 0.6) is 0 Å². The standard InChI is InChI=1S/C8H12.C2H6.C2H4.CH4/c1-2-8-6-4-3-5-7-8;2*1-2;/h4,6-7H,2-3,5H2,1H3;1-2H3;1-2H2;1H4. The zero-order valence-corrected chi connectivity index (χ0v) is 8.77. The Morgan fingerprint density at radius 3 is 2.00 bits per heavy atom. The van der Waals surface area contributed by atoms with Gasteiger partial charge in [0.15, 0.2) is 0 Å². The van der Waals surface area contributed by atoms with E-state index in [1.165, 1.54) is 24.8 Å². The Hall–Kier alpha value is -0.780. The van der Waals surface area contributed by atoms with E-state index < -0.39 is 0 Å². The maximum Gasteiger partial charge on any atom is -0.0310 e. The Labute approximate surface area is 85.1 Å². The molecule has 0 aliphatic heterocycles. The number of allylic oxidation sites excluding steroid dienone is 4. The molecule has 13 heavy (non-hydrogen) atoms. The van der Waals surface area contributed by atoms with Gasteiger partial charge in [0.05, 0.1) is 0 Å². The highest BCUT2D eigenvalue weighted by Gasteiger charge is 1.90. The van der Waals surface area contributed by atoms with Crippen molar-refractivity contribution >= 4 is 0 Å². The van der Waals surface area contributed by atoms with Crippen molar-refractivity contribution in [1.82, 2.24) is 0 Å². The summed E-state index contributed by atoms with van der Waals surface area (Å²) in [6.45, 7) is 12.2. The summed E-state index contributed by atoms with van der Waals surface area (Å²) in [6, 6.07) is 0. The van der Waals surface area contributed by atoms with Crippen LogP contribution in [-0.2, 0) is 0 Å². The third-order valence-corrected chi connectivity index (χ3v) is 1.48. The molecule has 0 aromatic heterocycles. The fourth-order valence-electron chi connectivity index (χ4n) is 0.930. The van der Waals surface area contributed by atoms with Crippen LogP contribution in [0.1, 0.15) is 47.5 Å². The van der Waals surface area contributed by atoms with Gasteiger partial charge in [-0.1, -0.05) is 52.0 Å². The molecule has 0 spiro atoms. The predicted molar refractivity (Wildman–Crippen MR) is 66.1 cm³/mol. The normalized spacial score (nSPS) is 12.1. The molecule has 0 heterocycles. The molecule has 0 amide bonds. The Bertz CT molecular complexity index is 129. The minimum absolute atomic E-state index is 0. The smallest absolute Gasteiger partial charge is 0.0310 e. The van der Waals surface area contributed by atoms with E-state index in [1.54, 1.807) is 0 Å². The fourth-order valence-corrected chi connectivity index (χ4v) is 0.930. The molecule has 0 atom stereocenters. The Balaban J connectivity index is -0.000000178. The molecule has 0 bridgehead atoms. The lowest BCUT2D eigenvalue weighted by molar-refractivity contribution is 0.984. The van der Waals surface area contributed by atoms with Crippen LogP contribution in [-0.4, -0.2) is 0 Å². The molecule has 1 aliphatic rings. The second kappa shape index (κ2) is 17.3. The van der Waals surface area contributed by atoms with Crippen molar-refractivity contribution in [3.63, 3.8) is 0 Å². The van der Waals surface area contributed by atoms with Crippen LogP contribution in [0, 0.1) is 0 Å². The van der Waals surface area contributed by atoms with E-state index in [-0.39, 0.29) is 7.43 Å². The third kappa shape index (κ3) is 11.2. The lowest BCUT2D eigenvalue weighted by Gasteiger charge is -2.01. The zero-order chi connectivity index (χ0) is 9.82. The van der Waals surface area contributed by atoms with E-state index in [0.29, 0.717) is 0 Å². The first-order chi connectivity index (χ1) is 5.93. The highest BCUT2D eigenvalue weighted by Crippen LogP contribution is 2.11. The van der Waals surface area contributed by atoms with Gasteiger partial charge in [-0.3, -0.25) is 0 Å². The van der Waals surface area contributed by atoms with Gasteiger partial charge in [0.2, 0.25) is 0 Å². The Morgan fingerprint density at radius 2 is 1.77 bits per heavy atom. The summed E-state index contributed by atoms with van der Waals surface area (Å²) in [4.78, 5) is 0. The first-order valence-electron chi connectivity index (χ1n) is 4.79. The van der Waals surface area contributed by atoms with Gasteiger partial charge in [0.1, 0.15) is 0 Å². The highest BCUT2D eigenvalue weighted by atomic mass is 14.0. The first kappa shape index (κ1) is 18.1. The summed E-state index contributed by atoms with van der Waals surface area (Å²) in [5.74, 6) is 0. The van der Waals surface area contributed by atoms with Crippen LogP contribution >= 0.6 is 0 Å². The maximum absolute atomic E-state index is 3.00. The van der Waals surface area contributed by atoms with Crippen LogP contribution in [0.4, 0.5) is 0 Å². The summed E-state index contributed by atoms with van der Waals surface area (Å²) in [7, 11) is 0. The van der Waals surface area contributed by atoms with Crippen LogP contribution in [0.2, 0.25) is 0 Å². The minimum atomic E-state index is 0. The summed E-state index contributed by atoms with van der Waals surface area (Å²) in [5, 5.41) is 0. The Kier molecular flexibility index (Phi) is 24.1. The van der Waals surface area contributed by atoms with Crippen molar-refractivity contribution in [3.8, 4) is 0 Å². The van der Waals surface area contributed by atoms with E-state index in [1.807, 2.05) is 13.8 Å². The van der Waals surface area contributed by atoms with Crippen molar-refractivity contribution in [2.75, 3.05) is 0 Å². The van der Waals surface area contributed by atoms with Gasteiger partial charge in [-0.05, 0) is 19.3 Å². The van der Waals surface area contributed by atoms with E-state index in [9.17, 15) is 0 Å². The SMILES string of the molecule is C.C=C.CC.CCC1=CCCC=C1. The molecule has 0 nitrogen and oxygen atoms in total. The lowest BCUT2D eigenvalue weighted by Crippen LogP contribution is -1.80. The average Bonchev–Trinajstić information content (AvgIpc) is 2.25. The maximum atomic E-state index is 3.00. The third-order valence-electron chi connectivity index (χ3n) is 1.48. The largest absolute Gasteiger partial charge is 0.106 e. The second-order valence-electron chi connectivity index (χ2n) is 2.11. The topological polar surface area (TPSA) is 0 Å². The molecular weight excluding hydrogens is 156 g/mol. The molecule has 0 aromatic carbocycles. The van der Waals surface area contributed by atoms with Crippen LogP contribution in [0.25, 0.3) is 0 Å². The van der Waals surface area contributed by atoms with Crippen molar-refractivity contribution < 1.29 is 0 Å². The Morgan fingerprint density at radius 1 is 1.23 bits per heavy atom. The van der Waals surface area contributed by atoms with Gasteiger partial charge in [-0.15, -0.1) is 13.2 Å². The monoisotopic (exact) mass is 182 g/mol. The predicted octanol–water partition coefficient (Wildman–Crippen LogP) is 5.14. The molecule has 0 N–H and O–H groups in total. The molecule has 0 fully saturated rings. The number of hydrogen-bond donors (Lipinski definition) is 0. The molecule has 78 valence electrons. The van der Waals surface area contributed by atoms with E-state index in [4.69, 9.17) is 0 Å². The summed E-state index contributed by atoms with van der Waals surface area (Å²) in [6.07, 6.45) is 10.5. The molecule has 1 aliphatic carbocycles.